The molecule has 1 unspecified atom stereocenters. The van der Waals surface area contributed by atoms with E-state index in [-0.39, 0.29) is 19.3 Å². The van der Waals surface area contributed by atoms with Crippen molar-refractivity contribution < 1.29 is 14.5 Å². The largest absolute Gasteiger partial charge is 0.303 e. The summed E-state index contributed by atoms with van der Waals surface area (Å²) in [6.45, 7) is 0. The monoisotopic (exact) mass is 233 g/mol. The van der Waals surface area contributed by atoms with Crippen molar-refractivity contribution in [1.82, 2.24) is 0 Å². The van der Waals surface area contributed by atoms with Gasteiger partial charge in [-0.25, -0.2) is 0 Å². The fraction of sp³-hybridized carbons (Fsp3) is 0.333. The third kappa shape index (κ3) is 1.63. The molecule has 0 aliphatic heterocycles. The van der Waals surface area contributed by atoms with E-state index in [0.717, 1.165) is 0 Å². The Balaban J connectivity index is 2.43. The molecule has 88 valence electrons. The molecule has 5 nitrogen and oxygen atoms in total. The SMILES string of the molecule is O=CCCC1([N+](=O)[O-])Cc2ccccc2C1=O. The predicted octanol–water partition coefficient (Wildman–Crippen LogP) is 1.42. The predicted molar refractivity (Wildman–Crippen MR) is 59.5 cm³/mol. The third-order valence-electron chi connectivity index (χ3n) is 3.19. The van der Waals surface area contributed by atoms with E-state index in [2.05, 4.69) is 0 Å². The number of hydrogen-bond acceptors (Lipinski definition) is 4. The van der Waals surface area contributed by atoms with E-state index in [0.29, 0.717) is 17.4 Å². The molecule has 1 atom stereocenters. The highest BCUT2D eigenvalue weighted by atomic mass is 16.6. The molecule has 2 rings (SSSR count). The van der Waals surface area contributed by atoms with Crippen LogP contribution < -0.4 is 0 Å². The Kier molecular flexibility index (Phi) is 2.75. The van der Waals surface area contributed by atoms with Gasteiger partial charge in [0.2, 0.25) is 5.78 Å². The first-order chi connectivity index (χ1) is 8.12. The molecule has 1 aliphatic rings. The molecule has 5 heteroatoms. The summed E-state index contributed by atoms with van der Waals surface area (Å²) in [6, 6.07) is 6.76. The Morgan fingerprint density at radius 3 is 2.71 bits per heavy atom. The van der Waals surface area contributed by atoms with Crippen LogP contribution in [0, 0.1) is 10.1 Å². The fourth-order valence-electron chi connectivity index (χ4n) is 2.28. The molecule has 0 N–H and O–H groups in total. The summed E-state index contributed by atoms with van der Waals surface area (Å²) in [6.07, 6.45) is 0.697. The third-order valence-corrected chi connectivity index (χ3v) is 3.19. The van der Waals surface area contributed by atoms with E-state index in [1.165, 1.54) is 0 Å². The van der Waals surface area contributed by atoms with Crippen LogP contribution in [0.15, 0.2) is 24.3 Å². The van der Waals surface area contributed by atoms with Crippen LogP contribution in [0.3, 0.4) is 0 Å². The van der Waals surface area contributed by atoms with Gasteiger partial charge in [-0.1, -0.05) is 24.3 Å². The molecule has 0 amide bonds. The van der Waals surface area contributed by atoms with Crippen molar-refractivity contribution in [2.45, 2.75) is 24.8 Å². The lowest BCUT2D eigenvalue weighted by molar-refractivity contribution is -0.549. The summed E-state index contributed by atoms with van der Waals surface area (Å²) in [5.41, 5.74) is -0.528. The van der Waals surface area contributed by atoms with Crippen molar-refractivity contribution in [3.05, 3.63) is 45.5 Å². The van der Waals surface area contributed by atoms with Crippen molar-refractivity contribution in [2.24, 2.45) is 0 Å². The van der Waals surface area contributed by atoms with E-state index in [9.17, 15) is 19.7 Å². The van der Waals surface area contributed by atoms with Gasteiger partial charge in [-0.2, -0.15) is 0 Å². The van der Waals surface area contributed by atoms with Gasteiger partial charge in [-0.3, -0.25) is 14.9 Å². The number of aldehydes is 1. The van der Waals surface area contributed by atoms with Crippen LogP contribution in [-0.4, -0.2) is 22.5 Å². The van der Waals surface area contributed by atoms with Gasteiger partial charge in [0.05, 0.1) is 6.42 Å². The molecule has 0 aromatic heterocycles. The summed E-state index contributed by atoms with van der Waals surface area (Å²) in [5, 5.41) is 11.2. The average Bonchev–Trinajstić information content (AvgIpc) is 2.62. The minimum atomic E-state index is -1.63. The van der Waals surface area contributed by atoms with Crippen molar-refractivity contribution >= 4 is 12.1 Å². The van der Waals surface area contributed by atoms with Crippen LogP contribution in [0.5, 0.6) is 0 Å². The van der Waals surface area contributed by atoms with Crippen LogP contribution in [0.1, 0.15) is 28.8 Å². The van der Waals surface area contributed by atoms with Crippen LogP contribution >= 0.6 is 0 Å². The van der Waals surface area contributed by atoms with Crippen LogP contribution in [0.25, 0.3) is 0 Å². The maximum Gasteiger partial charge on any atom is 0.288 e. The van der Waals surface area contributed by atoms with Crippen molar-refractivity contribution in [3.63, 3.8) is 0 Å². The van der Waals surface area contributed by atoms with Gasteiger partial charge < -0.3 is 4.79 Å². The Bertz CT molecular complexity index is 497. The molecule has 0 radical (unpaired) electrons. The number of nitrogens with zero attached hydrogens (tertiary/aromatic N) is 1. The highest BCUT2D eigenvalue weighted by Gasteiger charge is 2.55. The number of ketones is 1. The Hall–Kier alpha value is -2.04. The maximum atomic E-state index is 12.1. The van der Waals surface area contributed by atoms with Gasteiger partial charge in [0.25, 0.3) is 5.54 Å². The first-order valence-corrected chi connectivity index (χ1v) is 5.32. The molecule has 0 saturated heterocycles. The Morgan fingerprint density at radius 1 is 1.41 bits per heavy atom. The standard InChI is InChI=1S/C12H11NO4/c14-7-3-6-12(13(16)17)8-9-4-1-2-5-10(9)11(12)15/h1-2,4-5,7H,3,6,8H2. The molecule has 1 aromatic carbocycles. The lowest BCUT2D eigenvalue weighted by Gasteiger charge is -2.16. The molecule has 0 fully saturated rings. The molecule has 1 aromatic rings. The van der Waals surface area contributed by atoms with Gasteiger partial charge in [-0.05, 0) is 5.56 Å². The number of Topliss-reactive ketones (excluding diaryl/α,β-unsaturated/α-hetero) is 1. The minimum absolute atomic E-state index is 0.0285. The molecule has 0 saturated carbocycles. The average molecular weight is 233 g/mol. The zero-order valence-electron chi connectivity index (χ0n) is 9.09. The Morgan fingerprint density at radius 2 is 2.12 bits per heavy atom. The number of carbonyl (C=O) groups is 2. The van der Waals surface area contributed by atoms with Crippen molar-refractivity contribution in [3.8, 4) is 0 Å². The second kappa shape index (κ2) is 4.08. The van der Waals surface area contributed by atoms with Gasteiger partial charge in [0.1, 0.15) is 6.29 Å². The van der Waals surface area contributed by atoms with Crippen molar-refractivity contribution in [1.29, 1.82) is 0 Å². The molecular formula is C12H11NO4. The van der Waals surface area contributed by atoms with Crippen molar-refractivity contribution in [2.75, 3.05) is 0 Å². The van der Waals surface area contributed by atoms with E-state index in [4.69, 9.17) is 0 Å². The van der Waals surface area contributed by atoms with E-state index in [1.54, 1.807) is 24.3 Å². The van der Waals surface area contributed by atoms with E-state index in [1.807, 2.05) is 0 Å². The maximum absolute atomic E-state index is 12.1. The molecule has 0 spiro atoms. The highest BCUT2D eigenvalue weighted by molar-refractivity contribution is 6.06. The zero-order valence-corrected chi connectivity index (χ0v) is 9.09. The molecular weight excluding hydrogens is 222 g/mol. The van der Waals surface area contributed by atoms with Gasteiger partial charge in [0, 0.05) is 23.3 Å². The van der Waals surface area contributed by atoms with E-state index < -0.39 is 16.2 Å². The minimum Gasteiger partial charge on any atom is -0.303 e. The number of rotatable bonds is 4. The number of carbonyl (C=O) groups excluding carboxylic acids is 2. The lowest BCUT2D eigenvalue weighted by atomic mass is 9.90. The molecule has 17 heavy (non-hydrogen) atoms. The summed E-state index contributed by atoms with van der Waals surface area (Å²) in [4.78, 5) is 33.1. The smallest absolute Gasteiger partial charge is 0.288 e. The van der Waals surface area contributed by atoms with Gasteiger partial charge >= 0.3 is 0 Å². The summed E-state index contributed by atoms with van der Waals surface area (Å²) in [5.74, 6) is -0.472. The molecule has 0 heterocycles. The molecule has 0 bridgehead atoms. The second-order valence-corrected chi connectivity index (χ2v) is 4.16. The number of benzene rings is 1. The first kappa shape index (κ1) is 11.4. The highest BCUT2D eigenvalue weighted by Crippen LogP contribution is 2.35. The zero-order chi connectivity index (χ0) is 12.5. The lowest BCUT2D eigenvalue weighted by Crippen LogP contribution is -2.44. The van der Waals surface area contributed by atoms with Gasteiger partial charge in [0.15, 0.2) is 0 Å². The van der Waals surface area contributed by atoms with Crippen LogP contribution in [0.4, 0.5) is 0 Å². The molecule has 1 aliphatic carbocycles. The number of hydrogen-bond donors (Lipinski definition) is 0. The fourth-order valence-corrected chi connectivity index (χ4v) is 2.28. The summed E-state index contributed by atoms with van der Waals surface area (Å²) in [7, 11) is 0. The topological polar surface area (TPSA) is 77.3 Å². The Labute approximate surface area is 97.6 Å². The summed E-state index contributed by atoms with van der Waals surface area (Å²) < 4.78 is 0. The number of nitro groups is 1. The van der Waals surface area contributed by atoms with Crippen LogP contribution in [-0.2, 0) is 11.2 Å². The summed E-state index contributed by atoms with van der Waals surface area (Å²) >= 11 is 0. The second-order valence-electron chi connectivity index (χ2n) is 4.16. The van der Waals surface area contributed by atoms with Gasteiger partial charge in [-0.15, -0.1) is 0 Å². The first-order valence-electron chi connectivity index (χ1n) is 5.32. The van der Waals surface area contributed by atoms with E-state index >= 15 is 0 Å². The van der Waals surface area contributed by atoms with Crippen LogP contribution in [0.2, 0.25) is 0 Å². The number of fused-ring (bicyclic) bond motifs is 1. The quantitative estimate of drug-likeness (QED) is 0.447. The normalized spacial score (nSPS) is 22.2.